The molecule has 0 bridgehead atoms. The molecule has 2 amide bonds. The Labute approximate surface area is 233 Å². The first-order chi connectivity index (χ1) is 18.6. The zero-order chi connectivity index (χ0) is 28.0. The van der Waals surface area contributed by atoms with Crippen molar-refractivity contribution in [3.8, 4) is 5.75 Å². The number of nitrogens with one attached hydrogen (secondary N) is 2. The van der Waals surface area contributed by atoms with Crippen LogP contribution in [-0.4, -0.2) is 70.7 Å². The number of methoxy groups -OCH3 is 1. The summed E-state index contributed by atoms with van der Waals surface area (Å²) >= 11 is 6.03. The third-order valence-electron chi connectivity index (χ3n) is 6.44. The molecule has 3 aromatic carbocycles. The second-order valence-corrected chi connectivity index (χ2v) is 11.5. The van der Waals surface area contributed by atoms with Gasteiger partial charge in [-0.3, -0.25) is 14.3 Å². The minimum Gasteiger partial charge on any atom is -0.497 e. The van der Waals surface area contributed by atoms with Crippen LogP contribution >= 0.6 is 11.6 Å². The number of amides is 2. The number of benzene rings is 3. The molecule has 39 heavy (non-hydrogen) atoms. The molecule has 206 valence electrons. The predicted molar refractivity (Wildman–Crippen MR) is 153 cm³/mol. The molecule has 1 saturated heterocycles. The summed E-state index contributed by atoms with van der Waals surface area (Å²) in [5.74, 6) is 0.0879. The first kappa shape index (κ1) is 28.3. The van der Waals surface area contributed by atoms with Crippen LogP contribution in [0.3, 0.4) is 0 Å². The molecular formula is C28H31ClN4O5S. The Kier molecular flexibility index (Phi) is 8.98. The zero-order valence-corrected chi connectivity index (χ0v) is 23.3. The van der Waals surface area contributed by atoms with Crippen LogP contribution in [0.15, 0.2) is 72.8 Å². The van der Waals surface area contributed by atoms with Gasteiger partial charge in [-0.15, -0.1) is 0 Å². The summed E-state index contributed by atoms with van der Waals surface area (Å²) in [7, 11) is -1.89. The van der Waals surface area contributed by atoms with E-state index in [4.69, 9.17) is 16.3 Å². The maximum absolute atomic E-state index is 13.7. The molecule has 1 aliphatic heterocycles. The van der Waals surface area contributed by atoms with Crippen LogP contribution in [-0.2, 0) is 21.2 Å². The van der Waals surface area contributed by atoms with E-state index in [0.29, 0.717) is 54.6 Å². The molecule has 0 spiro atoms. The summed E-state index contributed by atoms with van der Waals surface area (Å²) < 4.78 is 31.4. The van der Waals surface area contributed by atoms with Crippen molar-refractivity contribution in [3.63, 3.8) is 0 Å². The van der Waals surface area contributed by atoms with E-state index in [1.54, 1.807) is 60.5 Å². The molecule has 1 fully saturated rings. The van der Waals surface area contributed by atoms with Crippen LogP contribution in [0.25, 0.3) is 0 Å². The highest BCUT2D eigenvalue weighted by Crippen LogP contribution is 2.27. The van der Waals surface area contributed by atoms with Crippen molar-refractivity contribution in [2.24, 2.45) is 0 Å². The van der Waals surface area contributed by atoms with Crippen LogP contribution in [0, 0.1) is 0 Å². The lowest BCUT2D eigenvalue weighted by Crippen LogP contribution is -2.55. The van der Waals surface area contributed by atoms with Crippen molar-refractivity contribution in [1.29, 1.82) is 0 Å². The molecule has 0 radical (unpaired) electrons. The second kappa shape index (κ2) is 12.4. The highest BCUT2D eigenvalue weighted by atomic mass is 35.5. The van der Waals surface area contributed by atoms with E-state index in [-0.39, 0.29) is 11.8 Å². The van der Waals surface area contributed by atoms with Gasteiger partial charge in [-0.1, -0.05) is 35.9 Å². The number of rotatable bonds is 9. The van der Waals surface area contributed by atoms with Gasteiger partial charge in [0, 0.05) is 43.2 Å². The van der Waals surface area contributed by atoms with Gasteiger partial charge >= 0.3 is 0 Å². The third kappa shape index (κ3) is 7.64. The topological polar surface area (TPSA) is 108 Å². The largest absolute Gasteiger partial charge is 0.497 e. The SMILES string of the molecule is COc1ccc(C(=O)NC(Cc2ccc(Cl)cc2)C(=O)N2CCN(c3ccccc3NS(C)(=O)=O)CC2)cc1. The van der Waals surface area contributed by atoms with Gasteiger partial charge in [0.1, 0.15) is 11.8 Å². The Morgan fingerprint density at radius 1 is 0.949 bits per heavy atom. The van der Waals surface area contributed by atoms with Crippen LogP contribution in [0.4, 0.5) is 11.4 Å². The Bertz CT molecular complexity index is 1410. The fraction of sp³-hybridized carbons (Fsp3) is 0.286. The van der Waals surface area contributed by atoms with Crippen molar-refractivity contribution in [2.75, 3.05) is 49.2 Å². The predicted octanol–water partition coefficient (Wildman–Crippen LogP) is 3.41. The van der Waals surface area contributed by atoms with Crippen molar-refractivity contribution >= 4 is 44.8 Å². The molecule has 3 aromatic rings. The van der Waals surface area contributed by atoms with E-state index in [1.165, 1.54) is 0 Å². The first-order valence-electron chi connectivity index (χ1n) is 12.4. The fourth-order valence-electron chi connectivity index (χ4n) is 4.46. The number of carbonyl (C=O) groups excluding carboxylic acids is 2. The van der Waals surface area contributed by atoms with Crippen LogP contribution in [0.2, 0.25) is 5.02 Å². The fourth-order valence-corrected chi connectivity index (χ4v) is 5.16. The monoisotopic (exact) mass is 570 g/mol. The van der Waals surface area contributed by atoms with Gasteiger partial charge in [-0.05, 0) is 54.1 Å². The van der Waals surface area contributed by atoms with Crippen LogP contribution < -0.4 is 19.7 Å². The van der Waals surface area contributed by atoms with Gasteiger partial charge in [0.2, 0.25) is 15.9 Å². The summed E-state index contributed by atoms with van der Waals surface area (Å²) in [6.07, 6.45) is 1.42. The number of hydrogen-bond acceptors (Lipinski definition) is 6. The highest BCUT2D eigenvalue weighted by molar-refractivity contribution is 7.92. The van der Waals surface area contributed by atoms with Gasteiger partial charge in [-0.2, -0.15) is 0 Å². The lowest BCUT2D eigenvalue weighted by molar-refractivity contribution is -0.133. The lowest BCUT2D eigenvalue weighted by Gasteiger charge is -2.38. The Balaban J connectivity index is 1.48. The van der Waals surface area contributed by atoms with E-state index in [0.717, 1.165) is 17.5 Å². The maximum atomic E-state index is 13.7. The van der Waals surface area contributed by atoms with Gasteiger partial charge in [0.25, 0.3) is 5.91 Å². The second-order valence-electron chi connectivity index (χ2n) is 9.29. The number of piperazine rings is 1. The quantitative estimate of drug-likeness (QED) is 0.408. The number of sulfonamides is 1. The average molecular weight is 571 g/mol. The molecule has 1 atom stereocenters. The van der Waals surface area contributed by atoms with Crippen LogP contribution in [0.5, 0.6) is 5.75 Å². The normalized spacial score (nSPS) is 14.4. The van der Waals surface area contributed by atoms with E-state index >= 15 is 0 Å². The summed E-state index contributed by atoms with van der Waals surface area (Å²) in [6.45, 7) is 1.85. The molecule has 4 rings (SSSR count). The van der Waals surface area contributed by atoms with E-state index in [9.17, 15) is 18.0 Å². The van der Waals surface area contributed by atoms with Gasteiger partial charge in [0.05, 0.1) is 24.7 Å². The summed E-state index contributed by atoms with van der Waals surface area (Å²) in [5, 5.41) is 3.50. The molecule has 9 nitrogen and oxygen atoms in total. The van der Waals surface area contributed by atoms with E-state index in [2.05, 4.69) is 10.0 Å². The minimum atomic E-state index is -3.44. The summed E-state index contributed by atoms with van der Waals surface area (Å²) in [5.41, 5.74) is 2.53. The molecule has 1 heterocycles. The molecule has 11 heteroatoms. The Morgan fingerprint density at radius 2 is 1.59 bits per heavy atom. The summed E-state index contributed by atoms with van der Waals surface area (Å²) in [6, 6.07) is 20.3. The molecule has 0 saturated carbocycles. The Morgan fingerprint density at radius 3 is 2.21 bits per heavy atom. The number of ether oxygens (including phenoxy) is 1. The molecular weight excluding hydrogens is 540 g/mol. The Hall–Kier alpha value is -3.76. The summed E-state index contributed by atoms with van der Waals surface area (Å²) in [4.78, 5) is 30.5. The van der Waals surface area contributed by atoms with Crippen molar-refractivity contribution < 1.29 is 22.7 Å². The lowest BCUT2D eigenvalue weighted by atomic mass is 10.0. The van der Waals surface area contributed by atoms with E-state index in [1.807, 2.05) is 29.2 Å². The number of hydrogen-bond donors (Lipinski definition) is 2. The van der Waals surface area contributed by atoms with Gasteiger partial charge < -0.3 is 19.9 Å². The average Bonchev–Trinajstić information content (AvgIpc) is 2.93. The van der Waals surface area contributed by atoms with Crippen molar-refractivity contribution in [1.82, 2.24) is 10.2 Å². The number of anilines is 2. The van der Waals surface area contributed by atoms with Gasteiger partial charge in [0.15, 0.2) is 0 Å². The minimum absolute atomic E-state index is 0.186. The third-order valence-corrected chi connectivity index (χ3v) is 7.28. The molecule has 0 aromatic heterocycles. The number of para-hydroxylation sites is 2. The van der Waals surface area contributed by atoms with Crippen LogP contribution in [0.1, 0.15) is 15.9 Å². The molecule has 1 aliphatic rings. The molecule has 0 aliphatic carbocycles. The van der Waals surface area contributed by atoms with Gasteiger partial charge in [-0.25, -0.2) is 8.42 Å². The number of carbonyl (C=O) groups is 2. The standard InChI is InChI=1S/C28H31ClN4O5S/c1-38-23-13-9-21(10-14-23)27(34)30-25(19-20-7-11-22(29)12-8-20)28(35)33-17-15-32(16-18-33)26-6-4-3-5-24(26)31-39(2,36)37/h3-14,25,31H,15-19H2,1-2H3,(H,30,34). The smallest absolute Gasteiger partial charge is 0.251 e. The zero-order valence-electron chi connectivity index (χ0n) is 21.8. The molecule has 1 unspecified atom stereocenters. The van der Waals surface area contributed by atoms with Crippen molar-refractivity contribution in [3.05, 3.63) is 88.9 Å². The maximum Gasteiger partial charge on any atom is 0.251 e. The molecule has 2 N–H and O–H groups in total. The number of halogens is 1. The first-order valence-corrected chi connectivity index (χ1v) is 14.7. The highest BCUT2D eigenvalue weighted by Gasteiger charge is 2.30. The van der Waals surface area contributed by atoms with E-state index < -0.39 is 16.1 Å². The number of nitrogens with zero attached hydrogens (tertiary/aromatic N) is 2. The van der Waals surface area contributed by atoms with Crippen molar-refractivity contribution in [2.45, 2.75) is 12.5 Å².